The number of halogens is 1. The second kappa shape index (κ2) is 5.83. The Balaban J connectivity index is 2.24. The number of benzene rings is 2. The van der Waals surface area contributed by atoms with E-state index in [1.165, 1.54) is 29.2 Å². The Morgan fingerprint density at radius 2 is 1.67 bits per heavy atom. The highest BCUT2D eigenvalue weighted by atomic mass is 19.1. The van der Waals surface area contributed by atoms with Crippen molar-refractivity contribution in [1.29, 1.82) is 0 Å². The van der Waals surface area contributed by atoms with Gasteiger partial charge in [-0.2, -0.15) is 0 Å². The van der Waals surface area contributed by atoms with Gasteiger partial charge in [0.1, 0.15) is 17.3 Å². The van der Waals surface area contributed by atoms with Gasteiger partial charge in [0.2, 0.25) is 0 Å². The fraction of sp³-hybridized carbons (Fsp3) is 0.188. The van der Waals surface area contributed by atoms with Gasteiger partial charge in [-0.15, -0.1) is 0 Å². The molecule has 0 fully saturated rings. The fourth-order valence-electron chi connectivity index (χ4n) is 2.02. The van der Waals surface area contributed by atoms with Gasteiger partial charge in [-0.25, -0.2) is 4.39 Å². The van der Waals surface area contributed by atoms with E-state index < -0.39 is 11.7 Å². The predicted molar refractivity (Wildman–Crippen MR) is 76.7 cm³/mol. The molecule has 0 aliphatic rings. The largest absolute Gasteiger partial charge is 0.508 e. The summed E-state index contributed by atoms with van der Waals surface area (Å²) in [6.07, 6.45) is 0. The Hall–Kier alpha value is -2.56. The van der Waals surface area contributed by atoms with Crippen LogP contribution in [0.5, 0.6) is 11.5 Å². The Bertz CT molecular complexity index is 655. The average molecular weight is 289 g/mol. The molecule has 4 nitrogen and oxygen atoms in total. The standard InChI is InChI=1S/C16H16FNO3/c1-10(11-3-5-12(19)6-4-11)18(2)16(21)14-8-7-13(20)9-15(14)17/h3-10,19-20H,1-2H3. The Labute approximate surface area is 122 Å². The third-order valence-electron chi connectivity index (χ3n) is 3.46. The summed E-state index contributed by atoms with van der Waals surface area (Å²) in [4.78, 5) is 13.7. The van der Waals surface area contributed by atoms with Gasteiger partial charge in [-0.05, 0) is 36.8 Å². The van der Waals surface area contributed by atoms with Gasteiger partial charge in [-0.3, -0.25) is 4.79 Å². The molecule has 2 N–H and O–H groups in total. The zero-order chi connectivity index (χ0) is 15.6. The molecule has 2 aromatic rings. The van der Waals surface area contributed by atoms with Gasteiger partial charge >= 0.3 is 0 Å². The summed E-state index contributed by atoms with van der Waals surface area (Å²) in [6.45, 7) is 1.81. The molecule has 110 valence electrons. The smallest absolute Gasteiger partial charge is 0.257 e. The topological polar surface area (TPSA) is 60.8 Å². The number of carbonyl (C=O) groups excluding carboxylic acids is 1. The number of amides is 1. The molecular weight excluding hydrogens is 273 g/mol. The summed E-state index contributed by atoms with van der Waals surface area (Å²) in [5, 5.41) is 18.5. The van der Waals surface area contributed by atoms with Crippen molar-refractivity contribution in [3.05, 3.63) is 59.4 Å². The highest BCUT2D eigenvalue weighted by Gasteiger charge is 2.21. The number of nitrogens with zero attached hydrogens (tertiary/aromatic N) is 1. The maximum Gasteiger partial charge on any atom is 0.257 e. The Morgan fingerprint density at radius 3 is 2.24 bits per heavy atom. The van der Waals surface area contributed by atoms with Crippen LogP contribution in [0.25, 0.3) is 0 Å². The molecule has 21 heavy (non-hydrogen) atoms. The molecule has 0 aromatic heterocycles. The van der Waals surface area contributed by atoms with Crippen LogP contribution in [0.1, 0.15) is 28.9 Å². The normalized spacial score (nSPS) is 12.0. The highest BCUT2D eigenvalue weighted by molar-refractivity contribution is 5.94. The van der Waals surface area contributed by atoms with E-state index in [1.54, 1.807) is 19.2 Å². The van der Waals surface area contributed by atoms with Crippen LogP contribution in [0.2, 0.25) is 0 Å². The first-order valence-corrected chi connectivity index (χ1v) is 6.44. The van der Waals surface area contributed by atoms with E-state index in [4.69, 9.17) is 0 Å². The summed E-state index contributed by atoms with van der Waals surface area (Å²) in [5.74, 6) is -1.32. The van der Waals surface area contributed by atoms with Gasteiger partial charge in [-0.1, -0.05) is 12.1 Å². The lowest BCUT2D eigenvalue weighted by molar-refractivity contribution is 0.0738. The summed E-state index contributed by atoms with van der Waals surface area (Å²) < 4.78 is 13.7. The van der Waals surface area contributed by atoms with Crippen molar-refractivity contribution in [3.8, 4) is 11.5 Å². The van der Waals surface area contributed by atoms with Crippen LogP contribution >= 0.6 is 0 Å². The first-order chi connectivity index (χ1) is 9.90. The molecule has 2 aromatic carbocycles. The molecule has 0 saturated heterocycles. The monoisotopic (exact) mass is 289 g/mol. The van der Waals surface area contributed by atoms with Crippen molar-refractivity contribution in [2.75, 3.05) is 7.05 Å². The fourth-order valence-corrected chi connectivity index (χ4v) is 2.02. The first kappa shape index (κ1) is 14.8. The highest BCUT2D eigenvalue weighted by Crippen LogP contribution is 2.24. The van der Waals surface area contributed by atoms with Crippen molar-refractivity contribution in [1.82, 2.24) is 4.90 Å². The van der Waals surface area contributed by atoms with Crippen molar-refractivity contribution >= 4 is 5.91 Å². The lowest BCUT2D eigenvalue weighted by Gasteiger charge is -2.25. The van der Waals surface area contributed by atoms with E-state index in [9.17, 15) is 19.4 Å². The van der Waals surface area contributed by atoms with Gasteiger partial charge in [0, 0.05) is 13.1 Å². The Kier molecular flexibility index (Phi) is 4.12. The predicted octanol–water partition coefficient (Wildman–Crippen LogP) is 3.07. The van der Waals surface area contributed by atoms with Crippen LogP contribution in [-0.2, 0) is 0 Å². The minimum Gasteiger partial charge on any atom is -0.508 e. The summed E-state index contributed by atoms with van der Waals surface area (Å²) in [5.41, 5.74) is 0.726. The Morgan fingerprint density at radius 1 is 1.10 bits per heavy atom. The number of carbonyl (C=O) groups is 1. The van der Waals surface area contributed by atoms with Crippen LogP contribution in [0.3, 0.4) is 0 Å². The van der Waals surface area contributed by atoms with E-state index >= 15 is 0 Å². The molecule has 0 aliphatic carbocycles. The van der Waals surface area contributed by atoms with E-state index in [2.05, 4.69) is 0 Å². The van der Waals surface area contributed by atoms with Crippen molar-refractivity contribution in [2.24, 2.45) is 0 Å². The average Bonchev–Trinajstić information content (AvgIpc) is 2.46. The van der Waals surface area contributed by atoms with E-state index in [0.29, 0.717) is 0 Å². The summed E-state index contributed by atoms with van der Waals surface area (Å²) in [6, 6.07) is 9.63. The molecule has 0 aliphatic heterocycles. The third-order valence-corrected chi connectivity index (χ3v) is 3.46. The second-order valence-electron chi connectivity index (χ2n) is 4.85. The quantitative estimate of drug-likeness (QED) is 0.913. The van der Waals surface area contributed by atoms with Crippen molar-refractivity contribution < 1.29 is 19.4 Å². The zero-order valence-electron chi connectivity index (χ0n) is 11.7. The molecule has 2 rings (SSSR count). The second-order valence-corrected chi connectivity index (χ2v) is 4.85. The number of rotatable bonds is 3. The third kappa shape index (κ3) is 3.13. The van der Waals surface area contributed by atoms with Crippen LogP contribution in [0.4, 0.5) is 4.39 Å². The maximum absolute atomic E-state index is 13.7. The number of phenols is 2. The summed E-state index contributed by atoms with van der Waals surface area (Å²) >= 11 is 0. The first-order valence-electron chi connectivity index (χ1n) is 6.44. The SMILES string of the molecule is CC(c1ccc(O)cc1)N(C)C(=O)c1ccc(O)cc1F. The van der Waals surface area contributed by atoms with Crippen LogP contribution in [0, 0.1) is 5.82 Å². The zero-order valence-corrected chi connectivity index (χ0v) is 11.7. The van der Waals surface area contributed by atoms with Gasteiger partial charge in [0.15, 0.2) is 0 Å². The number of hydrogen-bond donors (Lipinski definition) is 2. The molecule has 5 heteroatoms. The van der Waals surface area contributed by atoms with E-state index in [0.717, 1.165) is 11.6 Å². The van der Waals surface area contributed by atoms with Gasteiger partial charge < -0.3 is 15.1 Å². The van der Waals surface area contributed by atoms with Crippen molar-refractivity contribution in [3.63, 3.8) is 0 Å². The molecule has 0 saturated carbocycles. The lowest BCUT2D eigenvalue weighted by Crippen LogP contribution is -2.30. The molecule has 0 radical (unpaired) electrons. The minimum absolute atomic E-state index is 0.0964. The van der Waals surface area contributed by atoms with Gasteiger partial charge in [0.05, 0.1) is 11.6 Å². The van der Waals surface area contributed by atoms with Crippen LogP contribution in [0.15, 0.2) is 42.5 Å². The van der Waals surface area contributed by atoms with Crippen LogP contribution < -0.4 is 0 Å². The molecule has 1 unspecified atom stereocenters. The van der Waals surface area contributed by atoms with Gasteiger partial charge in [0.25, 0.3) is 5.91 Å². The molecule has 0 bridgehead atoms. The van der Waals surface area contributed by atoms with Crippen molar-refractivity contribution in [2.45, 2.75) is 13.0 Å². The maximum atomic E-state index is 13.7. The summed E-state index contributed by atoms with van der Waals surface area (Å²) in [7, 11) is 1.58. The number of aromatic hydroxyl groups is 2. The molecule has 0 spiro atoms. The van der Waals surface area contributed by atoms with Crippen LogP contribution in [-0.4, -0.2) is 28.1 Å². The molecule has 1 amide bonds. The van der Waals surface area contributed by atoms with E-state index in [1.807, 2.05) is 6.92 Å². The lowest BCUT2D eigenvalue weighted by atomic mass is 10.1. The van der Waals surface area contributed by atoms with E-state index in [-0.39, 0.29) is 23.1 Å². The molecule has 0 heterocycles. The minimum atomic E-state index is -0.759. The molecule has 1 atom stereocenters. The number of hydrogen-bond acceptors (Lipinski definition) is 3. The molecular formula is C16H16FNO3. The number of phenolic OH excluding ortho intramolecular Hbond substituents is 2.